The number of aliphatic hydroxyl groups is 1. The maximum absolute atomic E-state index is 10.6. The molecule has 0 fully saturated rings. The molecule has 1 heteroatoms. The predicted molar refractivity (Wildman–Crippen MR) is 75.3 cm³/mol. The predicted octanol–water partition coefficient (Wildman–Crippen LogP) is 3.06. The summed E-state index contributed by atoms with van der Waals surface area (Å²) in [4.78, 5) is 0. The summed E-state index contributed by atoms with van der Waals surface area (Å²) in [5, 5.41) is 12.5. The van der Waals surface area contributed by atoms with Gasteiger partial charge in [-0.15, -0.1) is 0 Å². The van der Waals surface area contributed by atoms with Crippen molar-refractivity contribution < 1.29 is 5.11 Å². The zero-order valence-electron chi connectivity index (χ0n) is 11.9. The van der Waals surface area contributed by atoms with Crippen molar-refractivity contribution in [2.75, 3.05) is 0 Å². The molecule has 1 N–H and O–H groups in total. The summed E-state index contributed by atoms with van der Waals surface area (Å²) >= 11 is 0. The number of aliphatic hydroxyl groups excluding tert-OH is 1. The number of rotatable bonds is 2. The van der Waals surface area contributed by atoms with Crippen LogP contribution in [0.2, 0.25) is 0 Å². The molecule has 0 heterocycles. The smallest absolute Gasteiger partial charge is 0.106 e. The molecule has 17 heavy (non-hydrogen) atoms. The molecule has 0 saturated carbocycles. The molecule has 0 radical (unpaired) electrons. The van der Waals surface area contributed by atoms with Gasteiger partial charge in [-0.05, 0) is 36.1 Å². The first-order chi connectivity index (χ1) is 7.67. The molecule has 1 rings (SSSR count). The van der Waals surface area contributed by atoms with Crippen molar-refractivity contribution in [3.63, 3.8) is 0 Å². The van der Waals surface area contributed by atoms with Crippen LogP contribution in [-0.4, -0.2) is 5.11 Å². The van der Waals surface area contributed by atoms with Crippen molar-refractivity contribution in [2.24, 2.45) is 11.3 Å². The van der Waals surface area contributed by atoms with Gasteiger partial charge in [0.1, 0.15) is 5.76 Å². The summed E-state index contributed by atoms with van der Waals surface area (Å²) in [7, 11) is 0. The van der Waals surface area contributed by atoms with E-state index in [1.807, 2.05) is 26.0 Å². The summed E-state index contributed by atoms with van der Waals surface area (Å²) in [6.45, 7) is 16.5. The van der Waals surface area contributed by atoms with Gasteiger partial charge in [-0.2, -0.15) is 0 Å². The SMILES string of the molecule is C=c1cc(C)c(=C(O)C(C)(C)C(C)C)c(C)c1. The fourth-order valence-electron chi connectivity index (χ4n) is 2.02. The first-order valence-electron chi connectivity index (χ1n) is 6.18. The van der Waals surface area contributed by atoms with Gasteiger partial charge in [0.2, 0.25) is 0 Å². The molecule has 0 aliphatic carbocycles. The number of benzene rings is 1. The van der Waals surface area contributed by atoms with Gasteiger partial charge in [-0.3, -0.25) is 0 Å². The van der Waals surface area contributed by atoms with Crippen LogP contribution in [0.1, 0.15) is 38.8 Å². The minimum Gasteiger partial charge on any atom is -0.511 e. The second-order valence-electron chi connectivity index (χ2n) is 5.83. The lowest BCUT2D eigenvalue weighted by Gasteiger charge is -2.29. The molecule has 0 unspecified atom stereocenters. The Labute approximate surface area is 104 Å². The van der Waals surface area contributed by atoms with Crippen molar-refractivity contribution in [1.82, 2.24) is 0 Å². The van der Waals surface area contributed by atoms with Crippen LogP contribution in [0.25, 0.3) is 12.3 Å². The third-order valence-corrected chi connectivity index (χ3v) is 3.88. The van der Waals surface area contributed by atoms with Crippen LogP contribution in [0.4, 0.5) is 0 Å². The highest BCUT2D eigenvalue weighted by Crippen LogP contribution is 2.33. The van der Waals surface area contributed by atoms with Crippen LogP contribution in [0.5, 0.6) is 0 Å². The van der Waals surface area contributed by atoms with E-state index in [9.17, 15) is 5.11 Å². The van der Waals surface area contributed by atoms with E-state index in [4.69, 9.17) is 0 Å². The molecule has 1 nitrogen and oxygen atoms in total. The standard InChI is InChI=1S/C16H24O/c1-10(2)16(6,7)15(17)14-12(4)8-11(3)9-13(14)5/h8-10,17H,3H2,1-2,4-7H3. The Morgan fingerprint density at radius 1 is 1.18 bits per heavy atom. The van der Waals surface area contributed by atoms with Gasteiger partial charge >= 0.3 is 0 Å². The van der Waals surface area contributed by atoms with Gasteiger partial charge in [-0.25, -0.2) is 0 Å². The van der Waals surface area contributed by atoms with E-state index in [1.54, 1.807) is 0 Å². The molecular formula is C16H24O. The van der Waals surface area contributed by atoms with Crippen molar-refractivity contribution in [3.8, 4) is 0 Å². The Kier molecular flexibility index (Phi) is 3.71. The molecular weight excluding hydrogens is 208 g/mol. The fraction of sp³-hybridized carbons (Fsp3) is 0.500. The van der Waals surface area contributed by atoms with E-state index in [1.165, 1.54) is 0 Å². The van der Waals surface area contributed by atoms with Crippen LogP contribution in [0.3, 0.4) is 0 Å². The largest absolute Gasteiger partial charge is 0.511 e. The van der Waals surface area contributed by atoms with E-state index in [0.717, 1.165) is 21.6 Å². The van der Waals surface area contributed by atoms with Crippen LogP contribution in [-0.2, 0) is 0 Å². The maximum Gasteiger partial charge on any atom is 0.106 e. The van der Waals surface area contributed by atoms with Crippen LogP contribution >= 0.6 is 0 Å². The molecule has 1 aromatic carbocycles. The monoisotopic (exact) mass is 232 g/mol. The zero-order valence-corrected chi connectivity index (χ0v) is 11.9. The van der Waals surface area contributed by atoms with E-state index < -0.39 is 0 Å². The summed E-state index contributed by atoms with van der Waals surface area (Å²) in [6, 6.07) is 4.05. The molecule has 0 saturated heterocycles. The maximum atomic E-state index is 10.6. The lowest BCUT2D eigenvalue weighted by molar-refractivity contribution is 0.266. The molecule has 0 aromatic heterocycles. The van der Waals surface area contributed by atoms with E-state index in [2.05, 4.69) is 34.3 Å². The van der Waals surface area contributed by atoms with Gasteiger partial charge in [-0.1, -0.05) is 46.4 Å². The van der Waals surface area contributed by atoms with Crippen molar-refractivity contribution in [1.29, 1.82) is 0 Å². The third-order valence-electron chi connectivity index (χ3n) is 3.88. The summed E-state index contributed by atoms with van der Waals surface area (Å²) in [5.41, 5.74) is 1.99. The summed E-state index contributed by atoms with van der Waals surface area (Å²) in [5.74, 6) is 0.878. The average Bonchev–Trinajstić information content (AvgIpc) is 2.15. The lowest BCUT2D eigenvalue weighted by atomic mass is 9.78. The van der Waals surface area contributed by atoms with Crippen molar-refractivity contribution >= 4 is 12.3 Å². The highest BCUT2D eigenvalue weighted by Gasteiger charge is 2.28. The Bertz CT molecular complexity index is 492. The van der Waals surface area contributed by atoms with Crippen LogP contribution in [0, 0.1) is 25.2 Å². The quantitative estimate of drug-likeness (QED) is 0.831. The summed E-state index contributed by atoms with van der Waals surface area (Å²) in [6.07, 6.45) is 0. The van der Waals surface area contributed by atoms with Gasteiger partial charge < -0.3 is 5.11 Å². The highest BCUT2D eigenvalue weighted by molar-refractivity contribution is 5.47. The Morgan fingerprint density at radius 2 is 1.59 bits per heavy atom. The number of hydrogen-bond acceptors (Lipinski definition) is 1. The molecule has 0 aliphatic rings. The molecule has 1 aromatic rings. The normalized spacial score (nSPS) is 11.9. The molecule has 0 atom stereocenters. The van der Waals surface area contributed by atoms with Crippen molar-refractivity contribution in [3.05, 3.63) is 33.7 Å². The minimum atomic E-state index is -0.210. The molecule has 94 valence electrons. The second kappa shape index (κ2) is 4.56. The van der Waals surface area contributed by atoms with Gasteiger partial charge in [0.15, 0.2) is 0 Å². The number of aryl methyl sites for hydroxylation is 2. The van der Waals surface area contributed by atoms with E-state index >= 15 is 0 Å². The average molecular weight is 232 g/mol. The molecule has 0 spiro atoms. The Morgan fingerprint density at radius 3 is 1.94 bits per heavy atom. The van der Waals surface area contributed by atoms with E-state index in [0.29, 0.717) is 11.7 Å². The van der Waals surface area contributed by atoms with Gasteiger partial charge in [0, 0.05) is 10.6 Å². The van der Waals surface area contributed by atoms with E-state index in [-0.39, 0.29) is 5.41 Å². The Balaban J connectivity index is 3.67. The Hall–Kier alpha value is -1.24. The second-order valence-corrected chi connectivity index (χ2v) is 5.83. The number of hydrogen-bond donors (Lipinski definition) is 1. The van der Waals surface area contributed by atoms with Gasteiger partial charge in [0.25, 0.3) is 0 Å². The third kappa shape index (κ3) is 2.54. The topological polar surface area (TPSA) is 20.2 Å². The first kappa shape index (κ1) is 13.8. The first-order valence-corrected chi connectivity index (χ1v) is 6.18. The molecule has 0 aliphatic heterocycles. The highest BCUT2D eigenvalue weighted by atomic mass is 16.3. The summed E-state index contributed by atoms with van der Waals surface area (Å²) < 4.78 is 0. The zero-order chi connectivity index (χ0) is 13.4. The van der Waals surface area contributed by atoms with Crippen LogP contribution < -0.4 is 10.4 Å². The minimum absolute atomic E-state index is 0.210. The lowest BCUT2D eigenvalue weighted by Crippen LogP contribution is -2.30. The van der Waals surface area contributed by atoms with Crippen molar-refractivity contribution in [2.45, 2.75) is 41.5 Å². The van der Waals surface area contributed by atoms with Crippen LogP contribution in [0.15, 0.2) is 12.1 Å². The fourth-order valence-corrected chi connectivity index (χ4v) is 2.02. The molecule has 0 amide bonds. The van der Waals surface area contributed by atoms with Gasteiger partial charge in [0.05, 0.1) is 0 Å². The molecule has 0 bridgehead atoms.